The maximum atomic E-state index is 12.6. The van der Waals surface area contributed by atoms with E-state index < -0.39 is 0 Å². The van der Waals surface area contributed by atoms with Crippen molar-refractivity contribution in [1.82, 2.24) is 5.32 Å². The predicted octanol–water partition coefficient (Wildman–Crippen LogP) is 5.70. The average Bonchev–Trinajstić information content (AvgIpc) is 2.83. The fourth-order valence-electron chi connectivity index (χ4n) is 2.98. The van der Waals surface area contributed by atoms with Crippen molar-refractivity contribution in [3.63, 3.8) is 0 Å². The minimum atomic E-state index is -0.308. The average molecular weight is 479 g/mol. The van der Waals surface area contributed by atoms with E-state index in [1.807, 2.05) is 60.7 Å². The van der Waals surface area contributed by atoms with E-state index in [-0.39, 0.29) is 11.0 Å². The molecule has 0 aromatic heterocycles. The van der Waals surface area contributed by atoms with Crippen molar-refractivity contribution in [2.75, 3.05) is 25.1 Å². The highest BCUT2D eigenvalue weighted by molar-refractivity contribution is 7.80. The largest absolute Gasteiger partial charge is 0.494 e. The molecule has 7 heteroatoms. The quantitative estimate of drug-likeness (QED) is 0.272. The van der Waals surface area contributed by atoms with Gasteiger partial charge >= 0.3 is 0 Å². The SMILES string of the molecule is CC(C)CCOc1cccc(C(=O)NC(=S)Nc2cccc(OCCOc3ccccc3)c2)c1. The number of anilines is 1. The van der Waals surface area contributed by atoms with Crippen LogP contribution in [0.1, 0.15) is 30.6 Å². The van der Waals surface area contributed by atoms with E-state index in [9.17, 15) is 4.79 Å². The lowest BCUT2D eigenvalue weighted by molar-refractivity contribution is 0.0977. The third-order valence-electron chi connectivity index (χ3n) is 4.74. The molecule has 0 unspecified atom stereocenters. The standard InChI is InChI=1S/C27H30N2O4S/c1-20(2)14-15-31-24-12-6-8-21(18-24)26(30)29-27(34)28-22-9-7-13-25(19-22)33-17-16-32-23-10-4-3-5-11-23/h3-13,18-20H,14-17H2,1-2H3,(H2,28,29,30,34). The van der Waals surface area contributed by atoms with E-state index in [1.54, 1.807) is 18.2 Å². The Morgan fingerprint density at radius 2 is 1.41 bits per heavy atom. The number of nitrogens with one attached hydrogen (secondary N) is 2. The number of amides is 1. The van der Waals surface area contributed by atoms with Crippen molar-refractivity contribution in [3.8, 4) is 17.2 Å². The van der Waals surface area contributed by atoms with Gasteiger partial charge < -0.3 is 19.5 Å². The summed E-state index contributed by atoms with van der Waals surface area (Å²) in [5, 5.41) is 5.91. The molecule has 0 aliphatic rings. The van der Waals surface area contributed by atoms with Gasteiger partial charge in [0.1, 0.15) is 30.5 Å². The van der Waals surface area contributed by atoms with Crippen LogP contribution in [-0.4, -0.2) is 30.8 Å². The lowest BCUT2D eigenvalue weighted by Crippen LogP contribution is -2.34. The molecule has 0 aliphatic heterocycles. The first-order valence-corrected chi connectivity index (χ1v) is 11.7. The molecule has 3 aromatic carbocycles. The Hall–Kier alpha value is -3.58. The lowest BCUT2D eigenvalue weighted by atomic mass is 10.1. The van der Waals surface area contributed by atoms with Crippen LogP contribution >= 0.6 is 12.2 Å². The summed E-state index contributed by atoms with van der Waals surface area (Å²) in [5.41, 5.74) is 1.18. The Kier molecular flexibility index (Phi) is 9.73. The van der Waals surface area contributed by atoms with E-state index in [0.717, 1.165) is 12.2 Å². The van der Waals surface area contributed by atoms with Crippen LogP contribution in [0.15, 0.2) is 78.9 Å². The summed E-state index contributed by atoms with van der Waals surface area (Å²) in [6.07, 6.45) is 0.952. The van der Waals surface area contributed by atoms with Gasteiger partial charge in [-0.25, -0.2) is 0 Å². The normalized spacial score (nSPS) is 10.4. The van der Waals surface area contributed by atoms with E-state index in [0.29, 0.717) is 48.5 Å². The first kappa shape index (κ1) is 25.1. The van der Waals surface area contributed by atoms with E-state index >= 15 is 0 Å². The van der Waals surface area contributed by atoms with Crippen LogP contribution in [0.2, 0.25) is 0 Å². The summed E-state index contributed by atoms with van der Waals surface area (Å²) in [6.45, 7) is 5.72. The van der Waals surface area contributed by atoms with Crippen molar-refractivity contribution in [2.24, 2.45) is 5.92 Å². The topological polar surface area (TPSA) is 68.8 Å². The van der Waals surface area contributed by atoms with Crippen LogP contribution in [0.25, 0.3) is 0 Å². The second kappa shape index (κ2) is 13.2. The van der Waals surface area contributed by atoms with Gasteiger partial charge in [0.15, 0.2) is 5.11 Å². The van der Waals surface area contributed by atoms with E-state index in [1.165, 1.54) is 0 Å². The Morgan fingerprint density at radius 1 is 0.794 bits per heavy atom. The number of rotatable bonds is 11. The number of thiocarbonyl (C=S) groups is 1. The molecule has 1 amide bonds. The molecule has 2 N–H and O–H groups in total. The van der Waals surface area contributed by atoms with Gasteiger partial charge in [0.05, 0.1) is 6.61 Å². The van der Waals surface area contributed by atoms with E-state index in [4.69, 9.17) is 26.4 Å². The van der Waals surface area contributed by atoms with Gasteiger partial charge in [-0.2, -0.15) is 0 Å². The molecular weight excluding hydrogens is 448 g/mol. The smallest absolute Gasteiger partial charge is 0.257 e. The van der Waals surface area contributed by atoms with Crippen LogP contribution in [0, 0.1) is 5.92 Å². The molecule has 34 heavy (non-hydrogen) atoms. The summed E-state index contributed by atoms with van der Waals surface area (Å²) in [4.78, 5) is 12.6. The zero-order valence-electron chi connectivity index (χ0n) is 19.5. The molecule has 0 spiro atoms. The van der Waals surface area contributed by atoms with Gasteiger partial charge in [0.2, 0.25) is 0 Å². The van der Waals surface area contributed by atoms with Gasteiger partial charge in [-0.3, -0.25) is 10.1 Å². The molecule has 0 bridgehead atoms. The minimum Gasteiger partial charge on any atom is -0.494 e. The van der Waals surface area contributed by atoms with Crippen molar-refractivity contribution in [2.45, 2.75) is 20.3 Å². The molecule has 0 aliphatic carbocycles. The molecule has 0 saturated carbocycles. The fourth-order valence-corrected chi connectivity index (χ4v) is 3.19. The fraction of sp³-hybridized carbons (Fsp3) is 0.259. The van der Waals surface area contributed by atoms with Crippen molar-refractivity contribution >= 4 is 28.9 Å². The third-order valence-corrected chi connectivity index (χ3v) is 4.95. The first-order valence-electron chi connectivity index (χ1n) is 11.3. The lowest BCUT2D eigenvalue weighted by Gasteiger charge is -2.13. The Bertz CT molecular complexity index is 1070. The molecule has 0 radical (unpaired) electrons. The third kappa shape index (κ3) is 8.75. The van der Waals surface area contributed by atoms with Gasteiger partial charge in [-0.05, 0) is 67.0 Å². The van der Waals surface area contributed by atoms with Crippen molar-refractivity contribution < 1.29 is 19.0 Å². The Morgan fingerprint density at radius 3 is 2.15 bits per heavy atom. The summed E-state index contributed by atoms with van der Waals surface area (Å²) < 4.78 is 17.1. The predicted molar refractivity (Wildman–Crippen MR) is 139 cm³/mol. The number of hydrogen-bond acceptors (Lipinski definition) is 5. The summed E-state index contributed by atoms with van der Waals surface area (Å²) in [7, 11) is 0. The van der Waals surface area contributed by atoms with E-state index in [2.05, 4.69) is 24.5 Å². The highest BCUT2D eigenvalue weighted by Gasteiger charge is 2.10. The zero-order chi connectivity index (χ0) is 24.2. The number of para-hydroxylation sites is 1. The Balaban J connectivity index is 1.45. The molecule has 3 rings (SSSR count). The number of benzene rings is 3. The van der Waals surface area contributed by atoms with Crippen LogP contribution in [0.3, 0.4) is 0 Å². The van der Waals surface area contributed by atoms with Crippen LogP contribution in [0.4, 0.5) is 5.69 Å². The molecule has 3 aromatic rings. The molecule has 6 nitrogen and oxygen atoms in total. The molecule has 0 atom stereocenters. The van der Waals surface area contributed by atoms with Crippen LogP contribution in [-0.2, 0) is 0 Å². The summed E-state index contributed by atoms with van der Waals surface area (Å²) in [6, 6.07) is 24.0. The maximum absolute atomic E-state index is 12.6. The van der Waals surface area contributed by atoms with Crippen LogP contribution in [0.5, 0.6) is 17.2 Å². The number of hydrogen-bond donors (Lipinski definition) is 2. The summed E-state index contributed by atoms with van der Waals surface area (Å²) >= 11 is 5.31. The highest BCUT2D eigenvalue weighted by Crippen LogP contribution is 2.18. The van der Waals surface area contributed by atoms with Gasteiger partial charge in [0, 0.05) is 17.3 Å². The molecule has 0 saturated heterocycles. The molecule has 0 fully saturated rings. The van der Waals surface area contributed by atoms with Crippen molar-refractivity contribution in [3.05, 3.63) is 84.4 Å². The number of carbonyl (C=O) groups is 1. The first-order chi connectivity index (χ1) is 16.5. The minimum absolute atomic E-state index is 0.195. The highest BCUT2D eigenvalue weighted by atomic mass is 32.1. The number of carbonyl (C=O) groups excluding carboxylic acids is 1. The van der Waals surface area contributed by atoms with Crippen molar-refractivity contribution in [1.29, 1.82) is 0 Å². The van der Waals surface area contributed by atoms with Gasteiger partial charge in [-0.15, -0.1) is 0 Å². The van der Waals surface area contributed by atoms with Gasteiger partial charge in [-0.1, -0.05) is 44.2 Å². The number of ether oxygens (including phenoxy) is 3. The van der Waals surface area contributed by atoms with Gasteiger partial charge in [0.25, 0.3) is 5.91 Å². The second-order valence-electron chi connectivity index (χ2n) is 8.00. The maximum Gasteiger partial charge on any atom is 0.257 e. The molecular formula is C27H30N2O4S. The molecule has 178 valence electrons. The Labute approximate surface area is 206 Å². The summed E-state index contributed by atoms with van der Waals surface area (Å²) in [5.74, 6) is 2.38. The zero-order valence-corrected chi connectivity index (χ0v) is 20.3. The second-order valence-corrected chi connectivity index (χ2v) is 8.41. The van der Waals surface area contributed by atoms with Crippen LogP contribution < -0.4 is 24.8 Å². The molecule has 0 heterocycles. The monoisotopic (exact) mass is 478 g/mol.